The average Bonchev–Trinajstić information content (AvgIpc) is 3.51. The summed E-state index contributed by atoms with van der Waals surface area (Å²) in [5, 5.41) is 9.53. The van der Waals surface area contributed by atoms with Crippen molar-refractivity contribution in [3.63, 3.8) is 0 Å². The van der Waals surface area contributed by atoms with Crippen molar-refractivity contribution in [1.29, 1.82) is 0 Å². The molecule has 4 heterocycles. The lowest BCUT2D eigenvalue weighted by Crippen LogP contribution is -2.26. The van der Waals surface area contributed by atoms with Gasteiger partial charge in [-0.2, -0.15) is 0 Å². The summed E-state index contributed by atoms with van der Waals surface area (Å²) in [5.74, 6) is -2.17. The minimum Gasteiger partial charge on any atom is -0.480 e. The number of ketones is 1. The maximum Gasteiger partial charge on any atom is 0.198 e. The predicted octanol–water partition coefficient (Wildman–Crippen LogP) is 3.76. The summed E-state index contributed by atoms with van der Waals surface area (Å²) in [6.45, 7) is 0.669. The first-order valence-electron chi connectivity index (χ1n) is 11.8. The van der Waals surface area contributed by atoms with Crippen LogP contribution in [-0.4, -0.2) is 56.1 Å². The molecule has 0 saturated carbocycles. The molecular weight excluding hydrogens is 484 g/mol. The molecule has 0 amide bonds. The number of rotatable bonds is 9. The fourth-order valence-electron chi connectivity index (χ4n) is 4.19. The number of benzene rings is 1. The second kappa shape index (κ2) is 10.5. The molecule has 0 radical (unpaired) electrons. The van der Waals surface area contributed by atoms with Crippen molar-refractivity contribution in [2.75, 3.05) is 19.8 Å². The number of imidazole rings is 1. The van der Waals surface area contributed by atoms with Crippen molar-refractivity contribution in [3.8, 4) is 11.5 Å². The number of Topliss-reactive ketones (excluding diaryl/α,β-unsaturated/α-hetero) is 1. The Bertz CT molecular complexity index is 1460. The maximum absolute atomic E-state index is 15.0. The molecule has 4 aromatic rings. The second-order valence-electron chi connectivity index (χ2n) is 8.92. The van der Waals surface area contributed by atoms with E-state index < -0.39 is 17.4 Å². The molecule has 1 atom stereocenters. The number of aryl methyl sites for hydroxylation is 2. The zero-order valence-electron chi connectivity index (χ0n) is 20.1. The van der Waals surface area contributed by atoms with Crippen LogP contribution in [0.5, 0.6) is 11.5 Å². The molecule has 0 bridgehead atoms. The lowest BCUT2D eigenvalue weighted by Gasteiger charge is -2.20. The molecule has 37 heavy (non-hydrogen) atoms. The van der Waals surface area contributed by atoms with Crippen LogP contribution >= 0.6 is 0 Å². The highest BCUT2D eigenvalue weighted by Crippen LogP contribution is 2.35. The Labute approximate surface area is 210 Å². The number of nitrogens with zero attached hydrogens (tertiary/aromatic N) is 4. The van der Waals surface area contributed by atoms with Crippen molar-refractivity contribution in [1.82, 2.24) is 19.5 Å². The summed E-state index contributed by atoms with van der Waals surface area (Å²) in [6.07, 6.45) is 7.13. The number of aliphatic imine (C=N–C) groups is 1. The first-order valence-corrected chi connectivity index (χ1v) is 11.8. The Kier molecular flexibility index (Phi) is 6.95. The highest BCUT2D eigenvalue weighted by Gasteiger charge is 2.22. The van der Waals surface area contributed by atoms with E-state index in [0.29, 0.717) is 47.6 Å². The van der Waals surface area contributed by atoms with Gasteiger partial charge in [0, 0.05) is 55.7 Å². The van der Waals surface area contributed by atoms with E-state index >= 15 is 0 Å². The van der Waals surface area contributed by atoms with Gasteiger partial charge in [0.15, 0.2) is 29.1 Å². The molecule has 1 aromatic carbocycles. The zero-order valence-corrected chi connectivity index (χ0v) is 20.1. The molecule has 1 unspecified atom stereocenters. The molecule has 3 aromatic heterocycles. The maximum atomic E-state index is 15.0. The largest absolute Gasteiger partial charge is 0.480 e. The number of halogens is 2. The third-order valence-electron chi connectivity index (χ3n) is 6.26. The first-order chi connectivity index (χ1) is 17.9. The zero-order chi connectivity index (χ0) is 25.9. The van der Waals surface area contributed by atoms with Crippen molar-refractivity contribution < 1.29 is 28.2 Å². The van der Waals surface area contributed by atoms with E-state index in [-0.39, 0.29) is 36.9 Å². The molecule has 192 valence electrons. The Morgan fingerprint density at radius 2 is 2.14 bits per heavy atom. The molecule has 5 rings (SSSR count). The van der Waals surface area contributed by atoms with Crippen LogP contribution in [0.2, 0.25) is 0 Å². The number of fused-ring (bicyclic) bond motifs is 1. The summed E-state index contributed by atoms with van der Waals surface area (Å²) in [4.78, 5) is 28.5. The van der Waals surface area contributed by atoms with Gasteiger partial charge in [-0.15, -0.1) is 0 Å². The molecule has 9 nitrogen and oxygen atoms in total. The van der Waals surface area contributed by atoms with Gasteiger partial charge in [-0.3, -0.25) is 9.79 Å². The summed E-state index contributed by atoms with van der Waals surface area (Å²) in [7, 11) is 1.85. The van der Waals surface area contributed by atoms with Gasteiger partial charge in [-0.05, 0) is 30.2 Å². The van der Waals surface area contributed by atoms with Gasteiger partial charge in [-0.25, -0.2) is 18.7 Å². The lowest BCUT2D eigenvalue weighted by atomic mass is 10.1. The van der Waals surface area contributed by atoms with Crippen LogP contribution in [0.3, 0.4) is 0 Å². The van der Waals surface area contributed by atoms with E-state index in [0.717, 1.165) is 17.8 Å². The van der Waals surface area contributed by atoms with Crippen LogP contribution in [0.25, 0.3) is 11.0 Å². The number of aromatic amines is 1. The van der Waals surface area contributed by atoms with Crippen LogP contribution in [0.15, 0.2) is 48.1 Å². The third-order valence-corrected chi connectivity index (χ3v) is 6.26. The van der Waals surface area contributed by atoms with Crippen LogP contribution in [0, 0.1) is 17.6 Å². The summed E-state index contributed by atoms with van der Waals surface area (Å²) in [5.41, 5.74) is 1.93. The Morgan fingerprint density at radius 1 is 1.32 bits per heavy atom. The van der Waals surface area contributed by atoms with Crippen LogP contribution < -0.4 is 4.74 Å². The fourth-order valence-corrected chi connectivity index (χ4v) is 4.19. The lowest BCUT2D eigenvalue weighted by molar-refractivity contribution is 0.0983. The predicted molar refractivity (Wildman–Crippen MR) is 131 cm³/mol. The topological polar surface area (TPSA) is 115 Å². The van der Waals surface area contributed by atoms with Gasteiger partial charge < -0.3 is 24.1 Å². The number of hydrogen-bond acceptors (Lipinski definition) is 7. The minimum atomic E-state index is -0.899. The smallest absolute Gasteiger partial charge is 0.198 e. The molecule has 0 aliphatic carbocycles. The SMILES string of the molecule is Cn1cncc1CCC(=O)c1c[nH]c2nccc(Oc3c(F)cc(CC4=NCC(CO)CO4)cc3F)c12. The highest BCUT2D eigenvalue weighted by molar-refractivity contribution is 6.09. The average molecular weight is 510 g/mol. The van der Waals surface area contributed by atoms with Crippen molar-refractivity contribution in [2.24, 2.45) is 18.0 Å². The van der Waals surface area contributed by atoms with E-state index in [1.165, 1.54) is 18.5 Å². The number of aromatic nitrogens is 4. The van der Waals surface area contributed by atoms with Crippen LogP contribution in [0.4, 0.5) is 8.78 Å². The number of aliphatic hydroxyl groups excluding tert-OH is 1. The molecule has 0 spiro atoms. The number of hydrogen-bond donors (Lipinski definition) is 2. The van der Waals surface area contributed by atoms with Crippen molar-refractivity contribution >= 4 is 22.7 Å². The van der Waals surface area contributed by atoms with Gasteiger partial charge >= 0.3 is 0 Å². The number of carbonyl (C=O) groups excluding carboxylic acids is 1. The number of ether oxygens (including phenoxy) is 2. The van der Waals surface area contributed by atoms with Gasteiger partial charge in [0.2, 0.25) is 0 Å². The van der Waals surface area contributed by atoms with Gasteiger partial charge in [0.05, 0.1) is 31.5 Å². The van der Waals surface area contributed by atoms with Crippen molar-refractivity contribution in [2.45, 2.75) is 19.3 Å². The van der Waals surface area contributed by atoms with E-state index in [9.17, 15) is 18.7 Å². The molecule has 1 aliphatic rings. The van der Waals surface area contributed by atoms with E-state index in [1.807, 2.05) is 11.6 Å². The fraction of sp³-hybridized carbons (Fsp3) is 0.308. The summed E-state index contributed by atoms with van der Waals surface area (Å²) >= 11 is 0. The van der Waals surface area contributed by atoms with Crippen molar-refractivity contribution in [3.05, 3.63) is 71.6 Å². The monoisotopic (exact) mass is 509 g/mol. The normalized spacial score (nSPS) is 15.5. The first kappa shape index (κ1) is 24.6. The molecule has 2 N–H and O–H groups in total. The minimum absolute atomic E-state index is 0.0345. The summed E-state index contributed by atoms with van der Waals surface area (Å²) in [6, 6.07) is 3.79. The molecule has 0 saturated heterocycles. The molecular formula is C26H25F2N5O4. The number of H-pyrrole nitrogens is 1. The Morgan fingerprint density at radius 3 is 2.81 bits per heavy atom. The van der Waals surface area contributed by atoms with Gasteiger partial charge in [0.25, 0.3) is 0 Å². The number of nitrogens with one attached hydrogen (secondary N) is 1. The van der Waals surface area contributed by atoms with Gasteiger partial charge in [-0.1, -0.05) is 0 Å². The standard InChI is InChI=1S/C26H25F2N5O4/c1-33-14-29-10-17(33)2-3-21(35)18-11-32-26-24(18)22(4-5-30-26)37-25-19(27)6-15(7-20(25)28)8-23-31-9-16(12-34)13-36-23/h4-7,10-11,14,16,34H,2-3,8-9,12-13H2,1H3,(H,30,32). The summed E-state index contributed by atoms with van der Waals surface area (Å²) < 4.78 is 43.0. The molecule has 11 heteroatoms. The Balaban J connectivity index is 1.37. The molecule has 0 fully saturated rings. The second-order valence-corrected chi connectivity index (χ2v) is 8.92. The quantitative estimate of drug-likeness (QED) is 0.332. The van der Waals surface area contributed by atoms with Gasteiger partial charge in [0.1, 0.15) is 11.4 Å². The van der Waals surface area contributed by atoms with E-state index in [1.54, 1.807) is 12.5 Å². The third kappa shape index (κ3) is 5.21. The number of aliphatic hydroxyl groups is 1. The highest BCUT2D eigenvalue weighted by atomic mass is 19.1. The number of pyridine rings is 1. The van der Waals surface area contributed by atoms with Crippen LogP contribution in [0.1, 0.15) is 28.0 Å². The molecule has 1 aliphatic heterocycles. The number of carbonyl (C=O) groups is 1. The van der Waals surface area contributed by atoms with Crippen LogP contribution in [-0.2, 0) is 24.6 Å². The van der Waals surface area contributed by atoms with E-state index in [2.05, 4.69) is 19.9 Å². The van der Waals surface area contributed by atoms with E-state index in [4.69, 9.17) is 9.47 Å². The Hall–Kier alpha value is -4.12.